The van der Waals surface area contributed by atoms with Crippen LogP contribution in [0.15, 0.2) is 12.1 Å². The molecule has 1 saturated heterocycles. The average Bonchev–Trinajstić information content (AvgIpc) is 2.96. The van der Waals surface area contributed by atoms with Crippen LogP contribution in [0.3, 0.4) is 0 Å². The Kier molecular flexibility index (Phi) is 2.87. The zero-order chi connectivity index (χ0) is 13.6. The van der Waals surface area contributed by atoms with Gasteiger partial charge in [-0.3, -0.25) is 9.59 Å². The van der Waals surface area contributed by atoms with Crippen LogP contribution in [0.1, 0.15) is 6.42 Å². The Labute approximate surface area is 117 Å². The highest BCUT2D eigenvalue weighted by Gasteiger charge is 2.36. The molecule has 3 rings (SSSR count). The molecule has 6 nitrogen and oxygen atoms in total. The van der Waals surface area contributed by atoms with E-state index in [1.807, 2.05) is 0 Å². The number of carbonyl (C=O) groups excluding carboxylic acids is 2. The second kappa shape index (κ2) is 4.43. The Morgan fingerprint density at radius 1 is 1.47 bits per heavy atom. The van der Waals surface area contributed by atoms with Crippen molar-refractivity contribution in [3.05, 3.63) is 17.2 Å². The molecule has 2 amide bonds. The van der Waals surface area contributed by atoms with E-state index in [0.717, 1.165) is 11.7 Å². The molecule has 0 aliphatic carbocycles. The van der Waals surface area contributed by atoms with Crippen LogP contribution in [-0.4, -0.2) is 27.1 Å². The molecular formula is C11H9ClN4O2S. The first-order valence-electron chi connectivity index (χ1n) is 5.58. The average molecular weight is 297 g/mol. The van der Waals surface area contributed by atoms with Crippen molar-refractivity contribution < 1.29 is 9.59 Å². The van der Waals surface area contributed by atoms with Gasteiger partial charge in [0, 0.05) is 13.0 Å². The topological polar surface area (TPSA) is 89.2 Å². The molecule has 1 fully saturated rings. The maximum atomic E-state index is 12.0. The molecule has 1 aromatic carbocycles. The third kappa shape index (κ3) is 1.95. The van der Waals surface area contributed by atoms with Gasteiger partial charge >= 0.3 is 0 Å². The summed E-state index contributed by atoms with van der Waals surface area (Å²) in [7, 11) is 0. The van der Waals surface area contributed by atoms with Crippen LogP contribution in [0.5, 0.6) is 0 Å². The Bertz CT molecular complexity index is 686. The molecule has 0 radical (unpaired) electrons. The summed E-state index contributed by atoms with van der Waals surface area (Å²) in [6, 6.07) is 3.42. The van der Waals surface area contributed by atoms with E-state index in [9.17, 15) is 9.59 Å². The van der Waals surface area contributed by atoms with Crippen molar-refractivity contribution in [3.8, 4) is 0 Å². The number of halogens is 1. The second-order valence-electron chi connectivity index (χ2n) is 4.34. The van der Waals surface area contributed by atoms with E-state index >= 15 is 0 Å². The summed E-state index contributed by atoms with van der Waals surface area (Å²) in [6.07, 6.45) is 0.111. The molecule has 2 aromatic rings. The van der Waals surface area contributed by atoms with Gasteiger partial charge < -0.3 is 10.6 Å². The number of rotatable bonds is 2. The van der Waals surface area contributed by atoms with Gasteiger partial charge in [0.2, 0.25) is 11.8 Å². The lowest BCUT2D eigenvalue weighted by Crippen LogP contribution is -2.28. The summed E-state index contributed by atoms with van der Waals surface area (Å²) in [5.74, 6) is -1.13. The minimum atomic E-state index is -0.481. The highest BCUT2D eigenvalue weighted by Crippen LogP contribution is 2.36. The van der Waals surface area contributed by atoms with Crippen molar-refractivity contribution in [2.45, 2.75) is 6.42 Å². The van der Waals surface area contributed by atoms with Crippen molar-refractivity contribution >= 4 is 51.9 Å². The fraction of sp³-hybridized carbons (Fsp3) is 0.273. The largest absolute Gasteiger partial charge is 0.369 e. The number of amides is 2. The number of benzene rings is 1. The molecule has 1 unspecified atom stereocenters. The molecule has 2 heterocycles. The molecule has 98 valence electrons. The summed E-state index contributed by atoms with van der Waals surface area (Å²) >= 11 is 7.21. The molecule has 1 aliphatic rings. The van der Waals surface area contributed by atoms with Gasteiger partial charge in [-0.2, -0.15) is 8.75 Å². The Morgan fingerprint density at radius 3 is 2.95 bits per heavy atom. The highest BCUT2D eigenvalue weighted by molar-refractivity contribution is 7.00. The van der Waals surface area contributed by atoms with Gasteiger partial charge in [-0.25, -0.2) is 0 Å². The number of aromatic nitrogens is 2. The van der Waals surface area contributed by atoms with Gasteiger partial charge in [-0.1, -0.05) is 11.6 Å². The summed E-state index contributed by atoms with van der Waals surface area (Å²) in [6.45, 7) is 0.241. The summed E-state index contributed by atoms with van der Waals surface area (Å²) in [5.41, 5.74) is 7.03. The third-order valence-corrected chi connectivity index (χ3v) is 4.00. The van der Waals surface area contributed by atoms with Crippen molar-refractivity contribution in [1.29, 1.82) is 0 Å². The number of nitrogens with two attached hydrogens (primary N) is 1. The lowest BCUT2D eigenvalue weighted by atomic mass is 10.1. The van der Waals surface area contributed by atoms with Gasteiger partial charge in [0.1, 0.15) is 11.0 Å². The molecule has 1 aromatic heterocycles. The quantitative estimate of drug-likeness (QED) is 0.901. The molecule has 0 saturated carbocycles. The van der Waals surface area contributed by atoms with E-state index in [-0.39, 0.29) is 18.9 Å². The molecule has 8 heteroatoms. The zero-order valence-electron chi connectivity index (χ0n) is 9.67. The first kappa shape index (κ1) is 12.3. The van der Waals surface area contributed by atoms with Crippen LogP contribution in [0.2, 0.25) is 5.02 Å². The van der Waals surface area contributed by atoms with Gasteiger partial charge in [-0.15, -0.1) is 0 Å². The number of nitrogens with zero attached hydrogens (tertiary/aromatic N) is 3. The van der Waals surface area contributed by atoms with Crippen molar-refractivity contribution in [2.75, 3.05) is 11.4 Å². The number of fused-ring (bicyclic) bond motifs is 1. The van der Waals surface area contributed by atoms with E-state index in [4.69, 9.17) is 17.3 Å². The fourth-order valence-corrected chi connectivity index (χ4v) is 2.98. The zero-order valence-corrected chi connectivity index (χ0v) is 11.2. The predicted molar refractivity (Wildman–Crippen MR) is 72.1 cm³/mol. The Hall–Kier alpha value is -1.73. The van der Waals surface area contributed by atoms with E-state index < -0.39 is 11.8 Å². The number of hydrogen-bond acceptors (Lipinski definition) is 5. The smallest absolute Gasteiger partial charge is 0.227 e. The van der Waals surface area contributed by atoms with Crippen molar-refractivity contribution in [2.24, 2.45) is 11.7 Å². The predicted octanol–water partition coefficient (Wildman–Crippen LogP) is 1.18. The van der Waals surface area contributed by atoms with E-state index in [0.29, 0.717) is 21.7 Å². The molecule has 1 atom stereocenters. The molecule has 2 N–H and O–H groups in total. The minimum Gasteiger partial charge on any atom is -0.369 e. The molecular weight excluding hydrogens is 288 g/mol. The maximum absolute atomic E-state index is 12.0. The number of hydrogen-bond donors (Lipinski definition) is 1. The van der Waals surface area contributed by atoms with Gasteiger partial charge in [0.05, 0.1) is 28.4 Å². The van der Waals surface area contributed by atoms with Crippen LogP contribution < -0.4 is 10.6 Å². The van der Waals surface area contributed by atoms with Crippen LogP contribution in [-0.2, 0) is 9.59 Å². The van der Waals surface area contributed by atoms with E-state index in [1.54, 1.807) is 12.1 Å². The van der Waals surface area contributed by atoms with Crippen LogP contribution in [0.4, 0.5) is 5.69 Å². The molecule has 19 heavy (non-hydrogen) atoms. The third-order valence-electron chi connectivity index (χ3n) is 3.15. The first-order chi connectivity index (χ1) is 9.08. The number of anilines is 1. The van der Waals surface area contributed by atoms with Crippen molar-refractivity contribution in [1.82, 2.24) is 8.75 Å². The highest BCUT2D eigenvalue weighted by atomic mass is 35.5. The Morgan fingerprint density at radius 2 is 2.26 bits per heavy atom. The molecule has 0 bridgehead atoms. The van der Waals surface area contributed by atoms with Gasteiger partial charge in [0.15, 0.2) is 0 Å². The monoisotopic (exact) mass is 296 g/mol. The van der Waals surface area contributed by atoms with E-state index in [1.165, 1.54) is 4.90 Å². The number of primary amides is 1. The summed E-state index contributed by atoms with van der Waals surface area (Å²) in [4.78, 5) is 24.7. The summed E-state index contributed by atoms with van der Waals surface area (Å²) in [5, 5.41) is 0.415. The van der Waals surface area contributed by atoms with Crippen molar-refractivity contribution in [3.63, 3.8) is 0 Å². The SMILES string of the molecule is NC(=O)C1CC(=O)N(c2c(Cl)ccc3nsnc23)C1. The second-order valence-corrected chi connectivity index (χ2v) is 5.27. The number of carbonyl (C=O) groups is 2. The lowest BCUT2D eigenvalue weighted by Gasteiger charge is -2.17. The lowest BCUT2D eigenvalue weighted by molar-refractivity contribution is -0.123. The van der Waals surface area contributed by atoms with E-state index in [2.05, 4.69) is 8.75 Å². The van der Waals surface area contributed by atoms with Crippen LogP contribution in [0, 0.1) is 5.92 Å². The molecule has 1 aliphatic heterocycles. The standard InChI is InChI=1S/C11H9ClN4O2S/c12-6-1-2-7-9(15-19-14-7)10(6)16-4-5(11(13)18)3-8(16)17/h1-2,5H,3-4H2,(H2,13,18). The van der Waals surface area contributed by atoms with Gasteiger partial charge in [0.25, 0.3) is 0 Å². The Balaban J connectivity index is 2.09. The fourth-order valence-electron chi connectivity index (χ4n) is 2.18. The van der Waals surface area contributed by atoms with Crippen LogP contribution >= 0.6 is 23.3 Å². The van der Waals surface area contributed by atoms with Gasteiger partial charge in [-0.05, 0) is 12.1 Å². The minimum absolute atomic E-state index is 0.111. The summed E-state index contributed by atoms with van der Waals surface area (Å²) < 4.78 is 8.28. The maximum Gasteiger partial charge on any atom is 0.227 e. The van der Waals surface area contributed by atoms with Crippen LogP contribution in [0.25, 0.3) is 11.0 Å². The molecule has 0 spiro atoms. The first-order valence-corrected chi connectivity index (χ1v) is 6.69. The normalized spacial score (nSPS) is 19.3.